The molecule has 0 saturated carbocycles. The Morgan fingerprint density at radius 1 is 1.38 bits per heavy atom. The van der Waals surface area contributed by atoms with Crippen LogP contribution in [0.25, 0.3) is 0 Å². The Bertz CT molecular complexity index is 472. The van der Waals surface area contributed by atoms with Crippen molar-refractivity contribution in [3.8, 4) is 0 Å². The molecule has 0 spiro atoms. The molecule has 1 aliphatic rings. The standard InChI is InChI=1S/C13H15NS2/c1-13(8-10-3-6-15-9-10)12-11(2-5-14-13)4-7-16-12/h3-4,6-7,9,14H,2,5,8H2,1H3. The number of fused-ring (bicyclic) bond motifs is 1. The van der Waals surface area contributed by atoms with Gasteiger partial charge in [0.05, 0.1) is 5.54 Å². The summed E-state index contributed by atoms with van der Waals surface area (Å²) >= 11 is 3.68. The zero-order chi connectivity index (χ0) is 11.0. The normalized spacial score (nSPS) is 24.3. The monoisotopic (exact) mass is 249 g/mol. The lowest BCUT2D eigenvalue weighted by Crippen LogP contribution is -2.45. The molecule has 1 aliphatic heterocycles. The lowest BCUT2D eigenvalue weighted by Gasteiger charge is -2.35. The van der Waals surface area contributed by atoms with Crippen molar-refractivity contribution in [2.75, 3.05) is 6.54 Å². The molecule has 0 radical (unpaired) electrons. The van der Waals surface area contributed by atoms with Crippen molar-refractivity contribution in [3.63, 3.8) is 0 Å². The van der Waals surface area contributed by atoms with E-state index in [9.17, 15) is 0 Å². The molecule has 0 amide bonds. The quantitative estimate of drug-likeness (QED) is 0.860. The minimum atomic E-state index is 0.142. The van der Waals surface area contributed by atoms with Crippen LogP contribution in [0.5, 0.6) is 0 Å². The maximum Gasteiger partial charge on any atom is 0.0544 e. The van der Waals surface area contributed by atoms with Gasteiger partial charge in [-0.1, -0.05) is 0 Å². The van der Waals surface area contributed by atoms with Crippen LogP contribution in [0.2, 0.25) is 0 Å². The molecule has 3 heterocycles. The zero-order valence-corrected chi connectivity index (χ0v) is 11.0. The predicted molar refractivity (Wildman–Crippen MR) is 71.4 cm³/mol. The minimum absolute atomic E-state index is 0.142. The van der Waals surface area contributed by atoms with E-state index < -0.39 is 0 Å². The maximum atomic E-state index is 3.69. The summed E-state index contributed by atoms with van der Waals surface area (Å²) in [5.74, 6) is 0. The third-order valence-corrected chi connectivity index (χ3v) is 5.25. The maximum absolute atomic E-state index is 3.69. The van der Waals surface area contributed by atoms with E-state index in [0.29, 0.717) is 0 Å². The lowest BCUT2D eigenvalue weighted by atomic mass is 9.86. The van der Waals surface area contributed by atoms with Crippen LogP contribution < -0.4 is 5.32 Å². The fourth-order valence-electron chi connectivity index (χ4n) is 2.51. The molecule has 2 aromatic rings. The number of rotatable bonds is 2. The first-order valence-electron chi connectivity index (χ1n) is 5.61. The third kappa shape index (κ3) is 1.73. The van der Waals surface area contributed by atoms with E-state index in [2.05, 4.69) is 40.5 Å². The van der Waals surface area contributed by atoms with E-state index in [-0.39, 0.29) is 5.54 Å². The van der Waals surface area contributed by atoms with E-state index in [0.717, 1.165) is 13.0 Å². The third-order valence-electron chi connectivity index (χ3n) is 3.30. The van der Waals surface area contributed by atoms with Gasteiger partial charge in [0.2, 0.25) is 0 Å². The first-order valence-corrected chi connectivity index (χ1v) is 7.43. The smallest absolute Gasteiger partial charge is 0.0544 e. The van der Waals surface area contributed by atoms with E-state index in [1.54, 1.807) is 16.9 Å². The highest BCUT2D eigenvalue weighted by atomic mass is 32.1. The molecule has 0 aromatic carbocycles. The molecule has 0 fully saturated rings. The first-order chi connectivity index (χ1) is 7.78. The van der Waals surface area contributed by atoms with Crippen LogP contribution in [0.1, 0.15) is 22.9 Å². The van der Waals surface area contributed by atoms with Gasteiger partial charge in [-0.25, -0.2) is 0 Å². The van der Waals surface area contributed by atoms with Crippen LogP contribution in [0.15, 0.2) is 28.3 Å². The summed E-state index contributed by atoms with van der Waals surface area (Å²) in [6, 6.07) is 4.52. The van der Waals surface area contributed by atoms with Crippen molar-refractivity contribution in [2.24, 2.45) is 0 Å². The number of nitrogens with one attached hydrogen (secondary N) is 1. The number of hydrogen-bond acceptors (Lipinski definition) is 3. The van der Waals surface area contributed by atoms with E-state index in [4.69, 9.17) is 0 Å². The van der Waals surface area contributed by atoms with Gasteiger partial charge in [0.1, 0.15) is 0 Å². The molecular formula is C13H15NS2. The van der Waals surface area contributed by atoms with Gasteiger partial charge in [0, 0.05) is 11.4 Å². The Hall–Kier alpha value is -0.640. The summed E-state index contributed by atoms with van der Waals surface area (Å²) in [4.78, 5) is 1.53. The van der Waals surface area contributed by atoms with Gasteiger partial charge in [-0.3, -0.25) is 0 Å². The Kier molecular flexibility index (Phi) is 2.62. The molecule has 1 unspecified atom stereocenters. The first kappa shape index (κ1) is 10.5. The Morgan fingerprint density at radius 2 is 2.31 bits per heavy atom. The average Bonchev–Trinajstić information content (AvgIpc) is 2.88. The summed E-state index contributed by atoms with van der Waals surface area (Å²) in [5, 5.41) is 10.3. The number of thiophene rings is 2. The van der Waals surface area contributed by atoms with Crippen LogP contribution in [0.3, 0.4) is 0 Å². The van der Waals surface area contributed by atoms with E-state index in [1.165, 1.54) is 16.9 Å². The molecule has 2 aromatic heterocycles. The molecule has 16 heavy (non-hydrogen) atoms. The second-order valence-electron chi connectivity index (χ2n) is 4.59. The summed E-state index contributed by atoms with van der Waals surface area (Å²) in [6.07, 6.45) is 2.28. The van der Waals surface area contributed by atoms with Gasteiger partial charge in [-0.05, 0) is 59.2 Å². The van der Waals surface area contributed by atoms with Gasteiger partial charge in [-0.15, -0.1) is 11.3 Å². The van der Waals surface area contributed by atoms with Crippen molar-refractivity contribution < 1.29 is 0 Å². The van der Waals surface area contributed by atoms with Gasteiger partial charge >= 0.3 is 0 Å². The fourth-order valence-corrected chi connectivity index (χ4v) is 4.28. The van der Waals surface area contributed by atoms with Crippen molar-refractivity contribution in [1.29, 1.82) is 0 Å². The van der Waals surface area contributed by atoms with Crippen molar-refractivity contribution >= 4 is 22.7 Å². The van der Waals surface area contributed by atoms with E-state index >= 15 is 0 Å². The van der Waals surface area contributed by atoms with Gasteiger partial charge in [0.15, 0.2) is 0 Å². The van der Waals surface area contributed by atoms with Crippen LogP contribution in [-0.4, -0.2) is 6.54 Å². The van der Waals surface area contributed by atoms with Gasteiger partial charge < -0.3 is 5.32 Å². The van der Waals surface area contributed by atoms with Gasteiger partial charge in [0.25, 0.3) is 0 Å². The van der Waals surface area contributed by atoms with Crippen LogP contribution >= 0.6 is 22.7 Å². The predicted octanol–water partition coefficient (Wildman–Crippen LogP) is 3.41. The SMILES string of the molecule is CC1(Cc2ccsc2)NCCc2ccsc21. The number of hydrogen-bond donors (Lipinski definition) is 1. The van der Waals surface area contributed by atoms with Crippen molar-refractivity contribution in [3.05, 3.63) is 44.3 Å². The summed E-state index contributed by atoms with van der Waals surface area (Å²) in [7, 11) is 0. The Morgan fingerprint density at radius 3 is 3.12 bits per heavy atom. The zero-order valence-electron chi connectivity index (χ0n) is 9.32. The molecular weight excluding hydrogens is 234 g/mol. The molecule has 84 valence electrons. The molecule has 1 atom stereocenters. The molecule has 0 saturated heterocycles. The van der Waals surface area contributed by atoms with E-state index in [1.807, 2.05) is 11.3 Å². The summed E-state index contributed by atoms with van der Waals surface area (Å²) in [5.41, 5.74) is 3.13. The van der Waals surface area contributed by atoms with Crippen LogP contribution in [-0.2, 0) is 18.4 Å². The Labute approximate surface area is 104 Å². The van der Waals surface area contributed by atoms with Gasteiger partial charge in [-0.2, -0.15) is 11.3 Å². The van der Waals surface area contributed by atoms with Crippen molar-refractivity contribution in [2.45, 2.75) is 25.3 Å². The highest BCUT2D eigenvalue weighted by molar-refractivity contribution is 7.10. The second-order valence-corrected chi connectivity index (χ2v) is 6.29. The largest absolute Gasteiger partial charge is 0.306 e. The van der Waals surface area contributed by atoms with Crippen LogP contribution in [0.4, 0.5) is 0 Å². The van der Waals surface area contributed by atoms with Crippen LogP contribution in [0, 0.1) is 0 Å². The summed E-state index contributed by atoms with van der Waals surface area (Å²) in [6.45, 7) is 3.43. The molecule has 1 nitrogen and oxygen atoms in total. The molecule has 0 aliphatic carbocycles. The highest BCUT2D eigenvalue weighted by Crippen LogP contribution is 2.35. The summed E-state index contributed by atoms with van der Waals surface area (Å²) < 4.78 is 0. The highest BCUT2D eigenvalue weighted by Gasteiger charge is 2.32. The molecule has 0 bridgehead atoms. The second kappa shape index (κ2) is 3.99. The van der Waals surface area contributed by atoms with Crippen molar-refractivity contribution in [1.82, 2.24) is 5.32 Å². The fraction of sp³-hybridized carbons (Fsp3) is 0.385. The average molecular weight is 249 g/mol. The minimum Gasteiger partial charge on any atom is -0.306 e. The molecule has 1 N–H and O–H groups in total. The Balaban J connectivity index is 1.95. The topological polar surface area (TPSA) is 12.0 Å². The molecule has 3 rings (SSSR count). The lowest BCUT2D eigenvalue weighted by molar-refractivity contribution is 0.353. The molecule has 3 heteroatoms.